The lowest BCUT2D eigenvalue weighted by Gasteiger charge is -2.05. The summed E-state index contributed by atoms with van der Waals surface area (Å²) in [6.07, 6.45) is 3.77. The zero-order valence-electron chi connectivity index (χ0n) is 12.2. The summed E-state index contributed by atoms with van der Waals surface area (Å²) in [7, 11) is 0. The Labute approximate surface area is 124 Å². The van der Waals surface area contributed by atoms with E-state index in [0.717, 1.165) is 18.2 Å². The number of ketones is 1. The first-order valence-electron chi connectivity index (χ1n) is 7.25. The van der Waals surface area contributed by atoms with Crippen molar-refractivity contribution in [3.63, 3.8) is 0 Å². The summed E-state index contributed by atoms with van der Waals surface area (Å²) in [5.41, 5.74) is 1.25. The summed E-state index contributed by atoms with van der Waals surface area (Å²) < 4.78 is 5.05. The van der Waals surface area contributed by atoms with Crippen LogP contribution in [0.3, 0.4) is 0 Å². The minimum absolute atomic E-state index is 0.0771. The van der Waals surface area contributed by atoms with Gasteiger partial charge in [-0.3, -0.25) is 14.6 Å². The summed E-state index contributed by atoms with van der Waals surface area (Å²) in [6, 6.07) is 9.24. The van der Waals surface area contributed by atoms with Gasteiger partial charge in [0.15, 0.2) is 5.78 Å². The largest absolute Gasteiger partial charge is 0.466 e. The third-order valence-corrected chi connectivity index (χ3v) is 3.25. The number of aromatic nitrogens is 1. The van der Waals surface area contributed by atoms with Crippen LogP contribution in [-0.4, -0.2) is 23.3 Å². The number of para-hydroxylation sites is 1. The van der Waals surface area contributed by atoms with Gasteiger partial charge < -0.3 is 4.74 Å². The van der Waals surface area contributed by atoms with Crippen LogP contribution in [0.15, 0.2) is 36.5 Å². The molecule has 4 heteroatoms. The van der Waals surface area contributed by atoms with Crippen LogP contribution in [0.5, 0.6) is 0 Å². The predicted molar refractivity (Wildman–Crippen MR) is 81.2 cm³/mol. The molecule has 4 nitrogen and oxygen atoms in total. The molecule has 0 saturated carbocycles. The van der Waals surface area contributed by atoms with E-state index in [1.165, 1.54) is 0 Å². The molecule has 0 bridgehead atoms. The summed E-state index contributed by atoms with van der Waals surface area (Å²) in [5, 5.41) is 0.925. The molecule has 0 atom stereocenters. The van der Waals surface area contributed by atoms with Crippen LogP contribution in [-0.2, 0) is 9.53 Å². The lowest BCUT2D eigenvalue weighted by atomic mass is 10.0. The highest BCUT2D eigenvalue weighted by molar-refractivity contribution is 6.07. The first kappa shape index (κ1) is 15.2. The molecule has 2 rings (SSSR count). The number of fused-ring (bicyclic) bond motifs is 1. The van der Waals surface area contributed by atoms with Gasteiger partial charge >= 0.3 is 5.97 Å². The Morgan fingerprint density at radius 1 is 1.14 bits per heavy atom. The van der Waals surface area contributed by atoms with Gasteiger partial charge in [0.25, 0.3) is 0 Å². The molecule has 1 aromatic heterocycles. The van der Waals surface area contributed by atoms with Crippen molar-refractivity contribution in [2.75, 3.05) is 6.61 Å². The summed E-state index contributed by atoms with van der Waals surface area (Å²) in [6.45, 7) is 2.46. The number of rotatable bonds is 7. The highest BCUT2D eigenvalue weighted by Crippen LogP contribution is 2.18. The molecule has 0 unspecified atom stereocenters. The Morgan fingerprint density at radius 2 is 1.95 bits per heavy atom. The van der Waals surface area contributed by atoms with Crippen LogP contribution in [0.1, 0.15) is 43.0 Å². The molecule has 0 amide bonds. The molecule has 0 N–H and O–H groups in total. The first-order chi connectivity index (χ1) is 10.2. The smallest absolute Gasteiger partial charge is 0.306 e. The van der Waals surface area contributed by atoms with Crippen molar-refractivity contribution in [2.45, 2.75) is 32.6 Å². The van der Waals surface area contributed by atoms with E-state index in [1.807, 2.05) is 31.2 Å². The predicted octanol–water partition coefficient (Wildman–Crippen LogP) is 3.54. The minimum atomic E-state index is -0.315. The number of hydrogen-bond acceptors (Lipinski definition) is 4. The lowest BCUT2D eigenvalue weighted by Crippen LogP contribution is -2.09. The summed E-state index contributed by atoms with van der Waals surface area (Å²) in [5.74, 6) is -0.392. The molecule has 0 fully saturated rings. The lowest BCUT2D eigenvalue weighted by molar-refractivity contribution is -0.143. The third-order valence-electron chi connectivity index (χ3n) is 3.25. The van der Waals surface area contributed by atoms with Crippen molar-refractivity contribution in [2.24, 2.45) is 0 Å². The van der Waals surface area contributed by atoms with Crippen LogP contribution in [0.4, 0.5) is 0 Å². The minimum Gasteiger partial charge on any atom is -0.466 e. The fraction of sp³-hybridized carbons (Fsp3) is 0.353. The summed E-state index contributed by atoms with van der Waals surface area (Å²) in [4.78, 5) is 28.0. The molecule has 0 spiro atoms. The fourth-order valence-corrected chi connectivity index (χ4v) is 2.08. The zero-order chi connectivity index (χ0) is 15.1. The number of benzene rings is 1. The van der Waals surface area contributed by atoms with Crippen molar-refractivity contribution < 1.29 is 14.3 Å². The van der Waals surface area contributed by atoms with E-state index in [9.17, 15) is 9.59 Å². The van der Waals surface area contributed by atoms with Crippen LogP contribution < -0.4 is 0 Å². The normalized spacial score (nSPS) is 10.5. The van der Waals surface area contributed by atoms with Gasteiger partial charge in [-0.15, -0.1) is 0 Å². The van der Waals surface area contributed by atoms with E-state index in [1.54, 1.807) is 12.3 Å². The van der Waals surface area contributed by atoms with Crippen LogP contribution in [0.25, 0.3) is 10.9 Å². The Balaban J connectivity index is 1.98. The van der Waals surface area contributed by atoms with E-state index in [2.05, 4.69) is 4.98 Å². The molecule has 1 heterocycles. The molecule has 0 aliphatic carbocycles. The topological polar surface area (TPSA) is 56.3 Å². The Bertz CT molecular complexity index is 631. The second kappa shape index (κ2) is 7.53. The van der Waals surface area contributed by atoms with Gasteiger partial charge in [-0.1, -0.05) is 31.5 Å². The molecule has 0 radical (unpaired) electrons. The summed E-state index contributed by atoms with van der Waals surface area (Å²) >= 11 is 0. The van der Waals surface area contributed by atoms with E-state index < -0.39 is 0 Å². The van der Waals surface area contributed by atoms with Gasteiger partial charge in [0.05, 0.1) is 18.5 Å². The number of carbonyl (C=O) groups is 2. The van der Waals surface area contributed by atoms with E-state index in [4.69, 9.17) is 4.74 Å². The average molecular weight is 285 g/mol. The SMILES string of the molecule is CCCCOC(=O)CCC(=O)c1cccc2cccnc12. The van der Waals surface area contributed by atoms with E-state index >= 15 is 0 Å². The molecule has 110 valence electrons. The number of unbranched alkanes of at least 4 members (excludes halogenated alkanes) is 1. The molecule has 0 saturated heterocycles. The molecule has 0 aliphatic heterocycles. The van der Waals surface area contributed by atoms with Crippen molar-refractivity contribution in [1.29, 1.82) is 0 Å². The van der Waals surface area contributed by atoms with Gasteiger partial charge in [-0.05, 0) is 18.6 Å². The third kappa shape index (κ3) is 4.12. The average Bonchev–Trinajstić information content (AvgIpc) is 2.52. The van der Waals surface area contributed by atoms with Gasteiger partial charge in [0, 0.05) is 23.6 Å². The van der Waals surface area contributed by atoms with Crippen molar-refractivity contribution >= 4 is 22.7 Å². The number of ether oxygens (including phenoxy) is 1. The van der Waals surface area contributed by atoms with Crippen molar-refractivity contribution in [1.82, 2.24) is 4.98 Å². The number of hydrogen-bond donors (Lipinski definition) is 0. The zero-order valence-corrected chi connectivity index (χ0v) is 12.2. The second-order valence-electron chi connectivity index (χ2n) is 4.88. The second-order valence-corrected chi connectivity index (χ2v) is 4.88. The highest BCUT2D eigenvalue weighted by atomic mass is 16.5. The fourth-order valence-electron chi connectivity index (χ4n) is 2.08. The monoisotopic (exact) mass is 285 g/mol. The number of pyridine rings is 1. The van der Waals surface area contributed by atoms with Crippen molar-refractivity contribution in [3.8, 4) is 0 Å². The highest BCUT2D eigenvalue weighted by Gasteiger charge is 2.13. The van der Waals surface area contributed by atoms with E-state index in [-0.39, 0.29) is 24.6 Å². The van der Waals surface area contributed by atoms with Gasteiger partial charge in [0.1, 0.15) is 0 Å². The number of carbonyl (C=O) groups excluding carboxylic acids is 2. The van der Waals surface area contributed by atoms with Crippen LogP contribution >= 0.6 is 0 Å². The molecule has 21 heavy (non-hydrogen) atoms. The maximum absolute atomic E-state index is 12.2. The van der Waals surface area contributed by atoms with E-state index in [0.29, 0.717) is 17.7 Å². The molecule has 1 aromatic carbocycles. The molecule has 2 aromatic rings. The number of esters is 1. The van der Waals surface area contributed by atoms with Crippen LogP contribution in [0, 0.1) is 0 Å². The molecular weight excluding hydrogens is 266 g/mol. The van der Waals surface area contributed by atoms with Crippen molar-refractivity contribution in [3.05, 3.63) is 42.1 Å². The first-order valence-corrected chi connectivity index (χ1v) is 7.25. The maximum Gasteiger partial charge on any atom is 0.306 e. The van der Waals surface area contributed by atoms with Gasteiger partial charge in [-0.25, -0.2) is 0 Å². The van der Waals surface area contributed by atoms with Gasteiger partial charge in [0.2, 0.25) is 0 Å². The Hall–Kier alpha value is -2.23. The van der Waals surface area contributed by atoms with Crippen LogP contribution in [0.2, 0.25) is 0 Å². The standard InChI is InChI=1S/C17H19NO3/c1-2-3-12-21-16(20)10-9-15(19)14-8-4-6-13-7-5-11-18-17(13)14/h4-8,11H,2-3,9-10,12H2,1H3. The molecule has 0 aliphatic rings. The maximum atomic E-state index is 12.2. The van der Waals surface area contributed by atoms with Gasteiger partial charge in [-0.2, -0.15) is 0 Å². The quantitative estimate of drug-likeness (QED) is 0.443. The number of Topliss-reactive ketones (excluding diaryl/α,β-unsaturated/α-hetero) is 1. The Kier molecular flexibility index (Phi) is 5.43. The Morgan fingerprint density at radius 3 is 2.76 bits per heavy atom. The number of nitrogens with zero attached hydrogens (tertiary/aromatic N) is 1. The molecular formula is C17H19NO3.